The van der Waals surface area contributed by atoms with Crippen molar-refractivity contribution in [1.29, 1.82) is 0 Å². The van der Waals surface area contributed by atoms with Gasteiger partial charge >= 0.3 is 103 Å². The van der Waals surface area contributed by atoms with Gasteiger partial charge in [0.05, 0.1) is 0 Å². The Labute approximate surface area is 160 Å². The molecule has 0 atom stereocenters. The van der Waals surface area contributed by atoms with Gasteiger partial charge in [0.25, 0.3) is 0 Å². The van der Waals surface area contributed by atoms with Gasteiger partial charge in [0.15, 0.2) is 0 Å². The van der Waals surface area contributed by atoms with Crippen molar-refractivity contribution >= 4 is 62.6 Å². The summed E-state index contributed by atoms with van der Waals surface area (Å²) in [7, 11) is 5.63. The van der Waals surface area contributed by atoms with E-state index in [0.717, 1.165) is 0 Å². The summed E-state index contributed by atoms with van der Waals surface area (Å²) in [5.41, 5.74) is 0. The molecule has 0 saturated carbocycles. The van der Waals surface area contributed by atoms with E-state index in [-0.39, 0.29) is 103 Å². The van der Waals surface area contributed by atoms with E-state index in [2.05, 4.69) is 23.3 Å². The minimum absolute atomic E-state index is 0. The normalized spacial score (nSPS) is 6.75. The van der Waals surface area contributed by atoms with Crippen molar-refractivity contribution in [3.8, 4) is 0 Å². The molecule has 0 radical (unpaired) electrons. The summed E-state index contributed by atoms with van der Waals surface area (Å²) >= 11 is 9.03. The van der Waals surface area contributed by atoms with Crippen LogP contribution in [0.25, 0.3) is 0 Å². The first-order chi connectivity index (χ1) is 2.91. The number of hydrogen-bond donors (Lipinski definition) is 0. The molecule has 0 saturated heterocycles. The van der Waals surface area contributed by atoms with Crippen LogP contribution < -0.4 is 103 Å². The van der Waals surface area contributed by atoms with Crippen LogP contribution in [0.1, 0.15) is 0 Å². The van der Waals surface area contributed by atoms with Crippen molar-refractivity contribution in [2.75, 3.05) is 0 Å². The maximum Gasteiger partial charge on any atom is 1.00 e. The van der Waals surface area contributed by atoms with Crippen molar-refractivity contribution in [2.45, 2.75) is 0 Å². The zero-order chi connectivity index (χ0) is 4.83. The third-order valence-corrected chi connectivity index (χ3v) is 6.75. The van der Waals surface area contributed by atoms with E-state index in [9.17, 15) is 0 Å². The zero-order valence-electron chi connectivity index (χ0n) is 4.45. The molecule has 38 valence electrons. The fourth-order valence-electron chi connectivity index (χ4n) is 0.0227. The fourth-order valence-corrected chi connectivity index (χ4v) is 5.51. The molecule has 0 rings (SSSR count). The van der Waals surface area contributed by atoms with Crippen LogP contribution in [0, 0.1) is 0 Å². The first-order valence-corrected chi connectivity index (χ1v) is 7.50. The third kappa shape index (κ3) is 17.5. The molecule has 0 fully saturated rings. The van der Waals surface area contributed by atoms with Crippen LogP contribution in [0.2, 0.25) is 0 Å². The van der Waals surface area contributed by atoms with Gasteiger partial charge in [0, 0.05) is 0 Å². The van der Waals surface area contributed by atoms with Crippen LogP contribution in [0.4, 0.5) is 0 Å². The van der Waals surface area contributed by atoms with Crippen LogP contribution in [0.3, 0.4) is 0 Å². The summed E-state index contributed by atoms with van der Waals surface area (Å²) in [6, 6.07) is 0. The summed E-state index contributed by atoms with van der Waals surface area (Å²) in [4.78, 5) is 0. The van der Waals surface area contributed by atoms with Gasteiger partial charge in [-0.2, -0.15) is 0 Å². The van der Waals surface area contributed by atoms with E-state index in [1.54, 1.807) is 0 Å². The Balaban J connectivity index is -0.000000125. The Kier molecular flexibility index (Phi) is 43.3. The van der Waals surface area contributed by atoms with Crippen LogP contribution in [-0.4, -0.2) is 0 Å². The van der Waals surface area contributed by atoms with E-state index in [4.69, 9.17) is 0 Å². The summed E-state index contributed by atoms with van der Waals surface area (Å²) in [5, 5.41) is 0. The topological polar surface area (TPSA) is 0 Å². The molecule has 0 spiro atoms. The molecule has 0 aliphatic carbocycles. The molecule has 0 heterocycles. The molecule has 0 nitrogen and oxygen atoms in total. The summed E-state index contributed by atoms with van der Waals surface area (Å²) in [6.07, 6.45) is 0. The second-order valence-electron chi connectivity index (χ2n) is 0.272. The van der Waals surface area contributed by atoms with Gasteiger partial charge in [0.2, 0.25) is 0 Å². The van der Waals surface area contributed by atoms with Gasteiger partial charge in [-0.1, -0.05) is 0 Å². The van der Waals surface area contributed by atoms with Crippen molar-refractivity contribution < 1.29 is 103 Å². The molecule has 0 aromatic heterocycles. The molecule has 0 bridgehead atoms. The van der Waals surface area contributed by atoms with E-state index in [1.807, 2.05) is 0 Å². The van der Waals surface area contributed by atoms with Gasteiger partial charge in [0.1, 0.15) is 0 Å². The van der Waals surface area contributed by atoms with Crippen LogP contribution in [-0.2, 0) is 23.3 Å². The third-order valence-electron chi connectivity index (χ3n) is 0.0833. The van der Waals surface area contributed by atoms with Crippen LogP contribution >= 0.6 is 39.3 Å². The second-order valence-corrected chi connectivity index (χ2v) is 7.35. The van der Waals surface area contributed by atoms with Crippen molar-refractivity contribution in [3.63, 3.8) is 0 Å². The van der Waals surface area contributed by atoms with Gasteiger partial charge in [-0.3, -0.25) is 19.7 Å². The summed E-state index contributed by atoms with van der Waals surface area (Å²) in [6.45, 7) is 0. The average Bonchev–Trinajstić information content (AvgIpc) is 1.61. The van der Waals surface area contributed by atoms with E-state index >= 15 is 0 Å². The molecule has 8 heavy (non-hydrogen) atoms. The molecule has 0 aromatic rings. The van der Waals surface area contributed by atoms with Crippen molar-refractivity contribution in [3.05, 3.63) is 0 Å². The summed E-state index contributed by atoms with van der Waals surface area (Å²) < 4.78 is 0. The minimum atomic E-state index is 0. The van der Waals surface area contributed by atoms with Crippen LogP contribution in [0.5, 0.6) is 0 Å². The smallest absolute Gasteiger partial charge is 0.706 e. The fraction of sp³-hybridized carbons (Fsp3) is 0. The molecule has 0 aromatic carbocycles. The molecular formula is K2S6. The first-order valence-electron chi connectivity index (χ1n) is 0.833. The molecule has 0 amide bonds. The van der Waals surface area contributed by atoms with Gasteiger partial charge < -0.3 is 23.3 Å². The predicted molar refractivity (Wildman–Crippen MR) is 45.1 cm³/mol. The Morgan fingerprint density at radius 3 is 1.12 bits per heavy atom. The standard InChI is InChI=1S/2K.H2S6/c;;1-3-5-6-4-2/h;;1-2H/q2*+1;/p-2. The molecule has 0 aliphatic rings. The summed E-state index contributed by atoms with van der Waals surface area (Å²) in [5.74, 6) is 0. The second kappa shape index (κ2) is 18.2. The van der Waals surface area contributed by atoms with E-state index in [1.165, 1.54) is 39.3 Å². The predicted octanol–water partition coefficient (Wildman–Crippen LogP) is -3.40. The minimum Gasteiger partial charge on any atom is -0.706 e. The van der Waals surface area contributed by atoms with E-state index in [0.29, 0.717) is 0 Å². The maximum absolute atomic E-state index is 4.52. The Bertz CT molecular complexity index is 18.5. The number of hydrogen-bond acceptors (Lipinski definition) is 6. The first kappa shape index (κ1) is 19.0. The molecule has 8 heteroatoms. The molecule has 0 unspecified atom stereocenters. The Morgan fingerprint density at radius 1 is 0.750 bits per heavy atom. The quantitative estimate of drug-likeness (QED) is 0.225. The molecule has 0 aliphatic heterocycles. The van der Waals surface area contributed by atoms with Crippen molar-refractivity contribution in [1.82, 2.24) is 0 Å². The van der Waals surface area contributed by atoms with E-state index < -0.39 is 0 Å². The number of rotatable bonds is 3. The van der Waals surface area contributed by atoms with Gasteiger partial charge in [-0.05, 0) is 19.7 Å². The van der Waals surface area contributed by atoms with Gasteiger partial charge in [-0.25, -0.2) is 0 Å². The van der Waals surface area contributed by atoms with Gasteiger partial charge in [-0.15, -0.1) is 0 Å². The monoisotopic (exact) mass is 270 g/mol. The molecular weight excluding hydrogens is 271 g/mol. The Morgan fingerprint density at radius 2 is 1.00 bits per heavy atom. The van der Waals surface area contributed by atoms with Crippen molar-refractivity contribution in [2.24, 2.45) is 0 Å². The Hall–Kier alpha value is 5.37. The largest absolute Gasteiger partial charge is 1.00 e. The maximum atomic E-state index is 4.52. The average molecular weight is 271 g/mol. The van der Waals surface area contributed by atoms with Crippen LogP contribution in [0.15, 0.2) is 0 Å². The molecule has 0 N–H and O–H groups in total. The SMILES string of the molecule is [K+].[K+].[S-]SSSS[S-]. The zero-order valence-corrected chi connectivity index (χ0v) is 15.6.